The van der Waals surface area contributed by atoms with Crippen molar-refractivity contribution in [1.29, 1.82) is 0 Å². The van der Waals surface area contributed by atoms with E-state index in [9.17, 15) is 4.57 Å². The smallest absolute Gasteiger partial charge is 0.284 e. The maximum Gasteiger partial charge on any atom is 0.528 e. The first-order valence-electron chi connectivity index (χ1n) is 3.57. The molecule has 0 aliphatic heterocycles. The Morgan fingerprint density at radius 1 is 1.83 bits per heavy atom. The maximum absolute atomic E-state index is 11.3. The molecule has 12 heavy (non-hydrogen) atoms. The topological polar surface area (TPSA) is 52.3 Å². The molecule has 0 aliphatic rings. The van der Waals surface area contributed by atoms with E-state index in [-0.39, 0.29) is 6.61 Å². The van der Waals surface area contributed by atoms with Crippen molar-refractivity contribution in [2.24, 2.45) is 5.73 Å². The van der Waals surface area contributed by atoms with Crippen LogP contribution in [0.1, 0.15) is 13.8 Å². The zero-order chi connectivity index (χ0) is 9.78. The molecule has 5 heteroatoms. The van der Waals surface area contributed by atoms with Crippen molar-refractivity contribution >= 4 is 20.7 Å². The van der Waals surface area contributed by atoms with Crippen molar-refractivity contribution in [3.63, 3.8) is 0 Å². The van der Waals surface area contributed by atoms with E-state index < -0.39 is 18.6 Å². The Bertz CT molecular complexity index is 179. The molecular formula is C7H15NO2PS+. The summed E-state index contributed by atoms with van der Waals surface area (Å²) >= 11 is 4.20. The number of rotatable bonds is 5. The molecule has 0 heterocycles. The van der Waals surface area contributed by atoms with Gasteiger partial charge in [0, 0.05) is 0 Å². The predicted octanol–water partition coefficient (Wildman–Crippen LogP) is 1.92. The minimum absolute atomic E-state index is 0.257. The molecule has 0 amide bonds. The first-order chi connectivity index (χ1) is 5.39. The van der Waals surface area contributed by atoms with Gasteiger partial charge in [0.05, 0.1) is 4.75 Å². The Morgan fingerprint density at radius 3 is 2.67 bits per heavy atom. The molecule has 0 radical (unpaired) electrons. The van der Waals surface area contributed by atoms with E-state index >= 15 is 0 Å². The number of nitrogens with two attached hydrogens (primary N) is 1. The fourth-order valence-electron chi connectivity index (χ4n) is 0.464. The summed E-state index contributed by atoms with van der Waals surface area (Å²) in [5.41, 5.74) is 5.62. The summed E-state index contributed by atoms with van der Waals surface area (Å²) in [5.74, 6) is -0.559. The van der Waals surface area contributed by atoms with E-state index in [1.165, 1.54) is 6.08 Å². The Hall–Kier alpha value is 0.110. The van der Waals surface area contributed by atoms with Crippen LogP contribution < -0.4 is 5.73 Å². The SMILES string of the molecule is C=CCO[P+](=O)C(N)C(C)(C)S. The van der Waals surface area contributed by atoms with Crippen molar-refractivity contribution in [2.75, 3.05) is 6.61 Å². The first-order valence-corrected chi connectivity index (χ1v) is 5.27. The van der Waals surface area contributed by atoms with Gasteiger partial charge in [-0.1, -0.05) is 6.08 Å². The van der Waals surface area contributed by atoms with Crippen molar-refractivity contribution in [2.45, 2.75) is 24.4 Å². The minimum atomic E-state index is -1.86. The highest BCUT2D eigenvalue weighted by Gasteiger charge is 2.40. The average molecular weight is 208 g/mol. The molecule has 0 aromatic rings. The summed E-state index contributed by atoms with van der Waals surface area (Å²) in [5, 5.41) is 0. The molecule has 2 N–H and O–H groups in total. The van der Waals surface area contributed by atoms with Crippen molar-refractivity contribution in [1.82, 2.24) is 0 Å². The van der Waals surface area contributed by atoms with E-state index in [0.29, 0.717) is 0 Å². The molecule has 0 saturated carbocycles. The van der Waals surface area contributed by atoms with Gasteiger partial charge in [-0.25, -0.2) is 0 Å². The van der Waals surface area contributed by atoms with Gasteiger partial charge in [0.2, 0.25) is 0 Å². The third-order valence-electron chi connectivity index (χ3n) is 1.27. The van der Waals surface area contributed by atoms with E-state index in [1.807, 2.05) is 0 Å². The van der Waals surface area contributed by atoms with Crippen LogP contribution in [-0.2, 0) is 9.09 Å². The molecule has 0 rings (SSSR count). The Balaban J connectivity index is 4.02. The Kier molecular flexibility index (Phi) is 5.02. The molecule has 0 spiro atoms. The lowest BCUT2D eigenvalue weighted by Gasteiger charge is -2.15. The highest BCUT2D eigenvalue weighted by Crippen LogP contribution is 2.35. The van der Waals surface area contributed by atoms with Gasteiger partial charge in [0.15, 0.2) is 0 Å². The maximum atomic E-state index is 11.3. The van der Waals surface area contributed by atoms with E-state index in [1.54, 1.807) is 13.8 Å². The van der Waals surface area contributed by atoms with Gasteiger partial charge in [0.1, 0.15) is 6.61 Å². The highest BCUT2D eigenvalue weighted by atomic mass is 32.1. The number of hydrogen-bond acceptors (Lipinski definition) is 4. The molecule has 0 aliphatic carbocycles. The molecule has 2 atom stereocenters. The Labute approximate surface area is 79.6 Å². The third kappa shape index (κ3) is 4.21. The van der Waals surface area contributed by atoms with Crippen LogP contribution in [0.5, 0.6) is 0 Å². The van der Waals surface area contributed by atoms with Gasteiger partial charge < -0.3 is 0 Å². The quantitative estimate of drug-likeness (QED) is 0.412. The summed E-state index contributed by atoms with van der Waals surface area (Å²) in [6.07, 6.45) is 1.53. The van der Waals surface area contributed by atoms with Gasteiger partial charge in [-0.2, -0.15) is 12.6 Å². The van der Waals surface area contributed by atoms with Crippen LogP contribution in [0.25, 0.3) is 0 Å². The molecule has 0 aromatic carbocycles. The van der Waals surface area contributed by atoms with Crippen molar-refractivity contribution in [3.8, 4) is 0 Å². The van der Waals surface area contributed by atoms with Crippen LogP contribution in [0.4, 0.5) is 0 Å². The van der Waals surface area contributed by atoms with Crippen molar-refractivity contribution < 1.29 is 9.09 Å². The lowest BCUT2D eigenvalue weighted by Crippen LogP contribution is -2.35. The van der Waals surface area contributed by atoms with Crippen LogP contribution in [0, 0.1) is 0 Å². The molecule has 0 aromatic heterocycles. The standard InChI is InChI=1S/C7H14NO2PS/c1-4-5-10-11(9)6(8)7(2,3)12/h4,6H,1,5,8H2,2-3H3/p+1. The van der Waals surface area contributed by atoms with Gasteiger partial charge in [0.25, 0.3) is 5.78 Å². The minimum Gasteiger partial charge on any atom is -0.284 e. The third-order valence-corrected chi connectivity index (χ3v) is 3.26. The molecule has 0 saturated heterocycles. The molecular weight excluding hydrogens is 193 g/mol. The summed E-state index contributed by atoms with van der Waals surface area (Å²) in [6, 6.07) is 0. The highest BCUT2D eigenvalue weighted by molar-refractivity contribution is 7.82. The lowest BCUT2D eigenvalue weighted by atomic mass is 10.2. The Morgan fingerprint density at radius 2 is 2.33 bits per heavy atom. The second-order valence-corrected chi connectivity index (χ2v) is 5.51. The first kappa shape index (κ1) is 12.1. The van der Waals surface area contributed by atoms with Gasteiger partial charge in [-0.3, -0.25) is 5.73 Å². The summed E-state index contributed by atoms with van der Waals surface area (Å²) in [7, 11) is -1.86. The van der Waals surface area contributed by atoms with Crippen molar-refractivity contribution in [3.05, 3.63) is 12.7 Å². The molecule has 3 nitrogen and oxygen atoms in total. The van der Waals surface area contributed by atoms with Crippen LogP contribution >= 0.6 is 20.7 Å². The van der Waals surface area contributed by atoms with Crippen LogP contribution in [-0.4, -0.2) is 17.1 Å². The largest absolute Gasteiger partial charge is 0.528 e. The second-order valence-electron chi connectivity index (χ2n) is 2.97. The second kappa shape index (κ2) is 4.97. The fourth-order valence-corrected chi connectivity index (χ4v) is 1.68. The van der Waals surface area contributed by atoms with Gasteiger partial charge in [-0.05, 0) is 18.4 Å². The zero-order valence-corrected chi connectivity index (χ0v) is 9.15. The fraction of sp³-hybridized carbons (Fsp3) is 0.714. The summed E-state index contributed by atoms with van der Waals surface area (Å²) in [4.78, 5) is 0. The predicted molar refractivity (Wildman–Crippen MR) is 54.8 cm³/mol. The monoisotopic (exact) mass is 208 g/mol. The zero-order valence-electron chi connectivity index (χ0n) is 7.36. The summed E-state index contributed by atoms with van der Waals surface area (Å²) in [6.45, 7) is 7.29. The van der Waals surface area contributed by atoms with E-state index in [2.05, 4.69) is 19.2 Å². The molecule has 2 unspecified atom stereocenters. The average Bonchev–Trinajstić information content (AvgIpc) is 1.97. The van der Waals surface area contributed by atoms with E-state index in [4.69, 9.17) is 10.3 Å². The van der Waals surface area contributed by atoms with Crippen LogP contribution in [0.15, 0.2) is 12.7 Å². The summed E-state index contributed by atoms with van der Waals surface area (Å²) < 4.78 is 15.7. The normalized spacial score (nSPS) is 15.5. The van der Waals surface area contributed by atoms with E-state index in [0.717, 1.165) is 0 Å². The lowest BCUT2D eigenvalue weighted by molar-refractivity contribution is 0.358. The molecule has 0 bridgehead atoms. The van der Waals surface area contributed by atoms with Crippen LogP contribution in [0.2, 0.25) is 0 Å². The number of thiol groups is 1. The van der Waals surface area contributed by atoms with Gasteiger partial charge in [-0.15, -0.1) is 11.1 Å². The molecule has 70 valence electrons. The number of hydrogen-bond donors (Lipinski definition) is 2. The van der Waals surface area contributed by atoms with Crippen LogP contribution in [0.3, 0.4) is 0 Å². The molecule has 0 fully saturated rings. The van der Waals surface area contributed by atoms with Gasteiger partial charge >= 0.3 is 8.03 Å².